The smallest absolute Gasteiger partial charge is 0.133 e. The predicted octanol–water partition coefficient (Wildman–Crippen LogP) is 2.90. The molecule has 1 saturated heterocycles. The molecule has 0 spiro atoms. The lowest BCUT2D eigenvalue weighted by atomic mass is 10.1. The van der Waals surface area contributed by atoms with Gasteiger partial charge in [0.05, 0.1) is 17.3 Å². The Hall–Kier alpha value is -2.32. The monoisotopic (exact) mass is 297 g/mol. The molecule has 0 bridgehead atoms. The molecule has 1 aromatic heterocycles. The van der Waals surface area contributed by atoms with Crippen LogP contribution in [0.1, 0.15) is 29.9 Å². The highest BCUT2D eigenvalue weighted by atomic mass is 16.5. The summed E-state index contributed by atoms with van der Waals surface area (Å²) in [5.74, 6) is 1.69. The van der Waals surface area contributed by atoms with Crippen molar-refractivity contribution in [2.75, 3.05) is 13.1 Å². The van der Waals surface area contributed by atoms with E-state index in [1.807, 2.05) is 25.1 Å². The molecule has 1 aliphatic heterocycles. The summed E-state index contributed by atoms with van der Waals surface area (Å²) in [4.78, 5) is 2.37. The summed E-state index contributed by atoms with van der Waals surface area (Å²) in [5, 5.41) is 12.8. The predicted molar refractivity (Wildman–Crippen MR) is 81.3 cm³/mol. The zero-order valence-corrected chi connectivity index (χ0v) is 12.7. The van der Waals surface area contributed by atoms with Gasteiger partial charge in [-0.15, -0.1) is 0 Å². The molecule has 0 amide bonds. The molecule has 0 radical (unpaired) electrons. The normalized spacial score (nSPS) is 16.4. The third-order valence-corrected chi connectivity index (χ3v) is 3.88. The molecule has 0 unspecified atom stereocenters. The number of hydrogen-bond donors (Lipinski definition) is 0. The maximum atomic E-state index is 8.79. The quantitative estimate of drug-likeness (QED) is 0.868. The lowest BCUT2D eigenvalue weighted by Crippen LogP contribution is -2.37. The van der Waals surface area contributed by atoms with Gasteiger partial charge in [-0.25, -0.2) is 0 Å². The minimum absolute atomic E-state index is 0.239. The molecule has 0 N–H and O–H groups in total. The second kappa shape index (κ2) is 6.63. The van der Waals surface area contributed by atoms with Crippen molar-refractivity contribution in [2.24, 2.45) is 0 Å². The van der Waals surface area contributed by atoms with Crippen molar-refractivity contribution in [1.29, 1.82) is 5.26 Å². The van der Waals surface area contributed by atoms with Gasteiger partial charge in [0.1, 0.15) is 17.6 Å². The van der Waals surface area contributed by atoms with E-state index in [2.05, 4.69) is 16.1 Å². The number of piperidine rings is 1. The van der Waals surface area contributed by atoms with Gasteiger partial charge in [0.2, 0.25) is 0 Å². The van der Waals surface area contributed by atoms with Crippen molar-refractivity contribution in [2.45, 2.75) is 32.4 Å². The zero-order chi connectivity index (χ0) is 15.4. The Balaban J connectivity index is 1.48. The zero-order valence-electron chi connectivity index (χ0n) is 12.7. The number of benzene rings is 1. The molecule has 114 valence electrons. The average Bonchev–Trinajstić information content (AvgIpc) is 2.95. The van der Waals surface area contributed by atoms with Crippen LogP contribution in [0.5, 0.6) is 5.75 Å². The first-order valence-corrected chi connectivity index (χ1v) is 7.54. The van der Waals surface area contributed by atoms with Crippen LogP contribution in [0.25, 0.3) is 0 Å². The van der Waals surface area contributed by atoms with Crippen molar-refractivity contribution >= 4 is 0 Å². The van der Waals surface area contributed by atoms with Crippen LogP contribution in [0.4, 0.5) is 0 Å². The molecular weight excluding hydrogens is 278 g/mol. The van der Waals surface area contributed by atoms with E-state index in [4.69, 9.17) is 14.5 Å². The molecular formula is C17H19N3O2. The van der Waals surface area contributed by atoms with E-state index in [9.17, 15) is 0 Å². The van der Waals surface area contributed by atoms with Gasteiger partial charge in [0.15, 0.2) is 0 Å². The fourth-order valence-electron chi connectivity index (χ4n) is 2.71. The Bertz CT molecular complexity index is 649. The van der Waals surface area contributed by atoms with Gasteiger partial charge in [-0.3, -0.25) is 4.90 Å². The van der Waals surface area contributed by atoms with Crippen molar-refractivity contribution in [1.82, 2.24) is 10.1 Å². The Morgan fingerprint density at radius 1 is 1.32 bits per heavy atom. The summed E-state index contributed by atoms with van der Waals surface area (Å²) in [5.41, 5.74) is 1.65. The van der Waals surface area contributed by atoms with Crippen molar-refractivity contribution in [3.05, 3.63) is 47.3 Å². The van der Waals surface area contributed by atoms with Crippen molar-refractivity contribution < 1.29 is 9.26 Å². The standard InChI is InChI=1S/C17H19N3O2/c1-13-10-15(19-22-13)12-20-8-6-17(7-9-20)21-16-4-2-14(11-18)3-5-16/h2-5,10,17H,6-9,12H2,1H3. The molecule has 0 saturated carbocycles. The minimum atomic E-state index is 0.239. The topological polar surface area (TPSA) is 62.3 Å². The summed E-state index contributed by atoms with van der Waals surface area (Å²) in [6, 6.07) is 11.4. The number of likely N-dealkylation sites (tertiary alicyclic amines) is 1. The molecule has 0 atom stereocenters. The number of rotatable bonds is 4. The van der Waals surface area contributed by atoms with Crippen LogP contribution in [0.2, 0.25) is 0 Å². The summed E-state index contributed by atoms with van der Waals surface area (Å²) in [6.07, 6.45) is 2.23. The largest absolute Gasteiger partial charge is 0.490 e. The van der Waals surface area contributed by atoms with Gasteiger partial charge in [-0.1, -0.05) is 5.16 Å². The van der Waals surface area contributed by atoms with Crippen molar-refractivity contribution in [3.63, 3.8) is 0 Å². The average molecular weight is 297 g/mol. The first kappa shape index (κ1) is 14.6. The molecule has 3 rings (SSSR count). The summed E-state index contributed by atoms with van der Waals surface area (Å²) < 4.78 is 11.1. The lowest BCUT2D eigenvalue weighted by molar-refractivity contribution is 0.0955. The Labute approximate surface area is 130 Å². The van der Waals surface area contributed by atoms with Gasteiger partial charge in [-0.2, -0.15) is 5.26 Å². The molecule has 1 aromatic carbocycles. The highest BCUT2D eigenvalue weighted by Crippen LogP contribution is 2.20. The van der Waals surface area contributed by atoms with Crippen molar-refractivity contribution in [3.8, 4) is 11.8 Å². The van der Waals surface area contributed by atoms with Crippen LogP contribution < -0.4 is 4.74 Å². The second-order valence-corrected chi connectivity index (χ2v) is 5.66. The number of aryl methyl sites for hydroxylation is 1. The number of nitrogens with zero attached hydrogens (tertiary/aromatic N) is 3. The van der Waals surface area contributed by atoms with Gasteiger partial charge < -0.3 is 9.26 Å². The highest BCUT2D eigenvalue weighted by molar-refractivity contribution is 5.34. The van der Waals surface area contributed by atoms with E-state index in [1.165, 1.54) is 0 Å². The molecule has 2 heterocycles. The van der Waals surface area contributed by atoms with E-state index in [1.54, 1.807) is 12.1 Å². The second-order valence-electron chi connectivity index (χ2n) is 5.66. The maximum absolute atomic E-state index is 8.79. The molecule has 5 heteroatoms. The lowest BCUT2D eigenvalue weighted by Gasteiger charge is -2.31. The summed E-state index contributed by atoms with van der Waals surface area (Å²) in [7, 11) is 0. The fraction of sp³-hybridized carbons (Fsp3) is 0.412. The van der Waals surface area contributed by atoms with Crippen LogP contribution >= 0.6 is 0 Å². The number of aromatic nitrogens is 1. The molecule has 1 fully saturated rings. The van der Waals surface area contributed by atoms with Crippen LogP contribution in [0.3, 0.4) is 0 Å². The van der Waals surface area contributed by atoms with Gasteiger partial charge in [-0.05, 0) is 44.0 Å². The van der Waals surface area contributed by atoms with Gasteiger partial charge in [0.25, 0.3) is 0 Å². The number of ether oxygens (including phenoxy) is 1. The number of hydrogen-bond acceptors (Lipinski definition) is 5. The Morgan fingerprint density at radius 2 is 2.05 bits per heavy atom. The van der Waals surface area contributed by atoms with Gasteiger partial charge >= 0.3 is 0 Å². The first-order chi connectivity index (χ1) is 10.7. The third-order valence-electron chi connectivity index (χ3n) is 3.88. The molecule has 5 nitrogen and oxygen atoms in total. The number of nitriles is 1. The third kappa shape index (κ3) is 3.66. The molecule has 0 aliphatic carbocycles. The Kier molecular flexibility index (Phi) is 4.40. The van der Waals surface area contributed by atoms with E-state index < -0.39 is 0 Å². The summed E-state index contributed by atoms with van der Waals surface area (Å²) in [6.45, 7) is 4.73. The van der Waals surface area contributed by atoms with Crippen LogP contribution in [0.15, 0.2) is 34.9 Å². The van der Waals surface area contributed by atoms with E-state index in [0.717, 1.165) is 49.7 Å². The molecule has 1 aliphatic rings. The molecule has 2 aromatic rings. The maximum Gasteiger partial charge on any atom is 0.133 e. The Morgan fingerprint density at radius 3 is 2.64 bits per heavy atom. The molecule has 22 heavy (non-hydrogen) atoms. The highest BCUT2D eigenvalue weighted by Gasteiger charge is 2.21. The van der Waals surface area contributed by atoms with Crippen LogP contribution in [-0.2, 0) is 6.54 Å². The first-order valence-electron chi connectivity index (χ1n) is 7.54. The van der Waals surface area contributed by atoms with Crippen LogP contribution in [0, 0.1) is 18.3 Å². The van der Waals surface area contributed by atoms with E-state index >= 15 is 0 Å². The SMILES string of the molecule is Cc1cc(CN2CCC(Oc3ccc(C#N)cc3)CC2)no1. The fourth-order valence-corrected chi connectivity index (χ4v) is 2.71. The summed E-state index contributed by atoms with van der Waals surface area (Å²) >= 11 is 0. The minimum Gasteiger partial charge on any atom is -0.490 e. The van der Waals surface area contributed by atoms with Crippen LogP contribution in [-0.4, -0.2) is 29.3 Å². The van der Waals surface area contributed by atoms with Gasteiger partial charge in [0, 0.05) is 25.7 Å². The van der Waals surface area contributed by atoms with E-state index in [-0.39, 0.29) is 6.10 Å². The van der Waals surface area contributed by atoms with E-state index in [0.29, 0.717) is 5.56 Å².